The zero-order chi connectivity index (χ0) is 15.0. The lowest BCUT2D eigenvalue weighted by molar-refractivity contribution is 0.190. The van der Waals surface area contributed by atoms with Crippen molar-refractivity contribution in [1.29, 1.82) is 0 Å². The van der Waals surface area contributed by atoms with Crippen molar-refractivity contribution < 1.29 is 13.2 Å². The molecular weight excluding hydrogens is 288 g/mol. The zero-order valence-corrected chi connectivity index (χ0v) is 13.3. The number of rotatable bonds is 3. The van der Waals surface area contributed by atoms with E-state index in [2.05, 4.69) is 5.32 Å². The molecule has 0 saturated carbocycles. The normalized spacial score (nSPS) is 26.6. The third-order valence-corrected chi connectivity index (χ3v) is 6.21. The fourth-order valence-electron chi connectivity index (χ4n) is 3.29. The number of hydrogen-bond donors (Lipinski definition) is 1. The predicted octanol–water partition coefficient (Wildman–Crippen LogP) is 1.52. The van der Waals surface area contributed by atoms with Crippen LogP contribution in [0.5, 0.6) is 5.75 Å². The maximum atomic E-state index is 13.0. The summed E-state index contributed by atoms with van der Waals surface area (Å²) in [6.45, 7) is 3.00. The first-order valence-electron chi connectivity index (χ1n) is 7.41. The Kier molecular flexibility index (Phi) is 3.94. The molecule has 0 radical (unpaired) electrons. The Morgan fingerprint density at radius 3 is 2.52 bits per heavy atom. The van der Waals surface area contributed by atoms with Crippen molar-refractivity contribution >= 4 is 10.0 Å². The van der Waals surface area contributed by atoms with Gasteiger partial charge >= 0.3 is 0 Å². The third-order valence-electron chi connectivity index (χ3n) is 4.36. The lowest BCUT2D eigenvalue weighted by Crippen LogP contribution is -2.59. The molecule has 21 heavy (non-hydrogen) atoms. The van der Waals surface area contributed by atoms with Crippen LogP contribution in [0.2, 0.25) is 0 Å². The minimum Gasteiger partial charge on any atom is -0.495 e. The average molecular weight is 310 g/mol. The maximum Gasteiger partial charge on any atom is 0.246 e. The average Bonchev–Trinajstić information content (AvgIpc) is 2.46. The van der Waals surface area contributed by atoms with E-state index >= 15 is 0 Å². The van der Waals surface area contributed by atoms with E-state index in [1.165, 1.54) is 13.5 Å². The summed E-state index contributed by atoms with van der Waals surface area (Å²) in [5.74, 6) is 0.421. The van der Waals surface area contributed by atoms with Crippen LogP contribution in [0.25, 0.3) is 0 Å². The Bertz CT molecular complexity index is 618. The van der Waals surface area contributed by atoms with Gasteiger partial charge in [-0.1, -0.05) is 12.5 Å². The molecule has 5 nitrogen and oxygen atoms in total. The highest BCUT2D eigenvalue weighted by molar-refractivity contribution is 7.89. The van der Waals surface area contributed by atoms with E-state index in [-0.39, 0.29) is 17.0 Å². The topological polar surface area (TPSA) is 58.6 Å². The largest absolute Gasteiger partial charge is 0.495 e. The van der Waals surface area contributed by atoms with E-state index in [4.69, 9.17) is 4.74 Å². The molecule has 6 heteroatoms. The Morgan fingerprint density at radius 2 is 1.90 bits per heavy atom. The van der Waals surface area contributed by atoms with Gasteiger partial charge in [0.05, 0.1) is 7.11 Å². The second-order valence-corrected chi connectivity index (χ2v) is 7.87. The fraction of sp³-hybridized carbons (Fsp3) is 0.600. The number of sulfonamides is 1. The number of piperazine rings is 1. The molecule has 1 N–H and O–H groups in total. The zero-order valence-electron chi connectivity index (χ0n) is 12.5. The lowest BCUT2D eigenvalue weighted by Gasteiger charge is -2.41. The van der Waals surface area contributed by atoms with Crippen LogP contribution in [0.3, 0.4) is 0 Å². The van der Waals surface area contributed by atoms with Gasteiger partial charge in [0.1, 0.15) is 10.6 Å². The molecule has 2 saturated heterocycles. The summed E-state index contributed by atoms with van der Waals surface area (Å²) in [6.07, 6.45) is 3.28. The van der Waals surface area contributed by atoms with Crippen LogP contribution in [0.1, 0.15) is 24.8 Å². The van der Waals surface area contributed by atoms with Crippen LogP contribution in [-0.2, 0) is 10.0 Å². The number of aryl methyl sites for hydroxylation is 1. The van der Waals surface area contributed by atoms with E-state index < -0.39 is 10.0 Å². The number of hydrogen-bond acceptors (Lipinski definition) is 4. The van der Waals surface area contributed by atoms with Crippen LogP contribution in [-0.4, -0.2) is 45.0 Å². The second-order valence-electron chi connectivity index (χ2n) is 5.97. The fourth-order valence-corrected chi connectivity index (χ4v) is 5.06. The summed E-state index contributed by atoms with van der Waals surface area (Å²) in [7, 11) is -1.99. The number of nitrogens with zero attached hydrogens (tertiary/aromatic N) is 1. The molecule has 116 valence electrons. The number of piperidine rings is 1. The highest BCUT2D eigenvalue weighted by Gasteiger charge is 2.37. The van der Waals surface area contributed by atoms with E-state index in [0.29, 0.717) is 18.8 Å². The van der Waals surface area contributed by atoms with Crippen molar-refractivity contribution in [2.24, 2.45) is 0 Å². The van der Waals surface area contributed by atoms with Gasteiger partial charge < -0.3 is 10.1 Å². The quantitative estimate of drug-likeness (QED) is 0.919. The second kappa shape index (κ2) is 5.59. The Hall–Kier alpha value is -1.11. The monoisotopic (exact) mass is 310 g/mol. The molecule has 2 atom stereocenters. The van der Waals surface area contributed by atoms with Crippen molar-refractivity contribution in [3.05, 3.63) is 23.8 Å². The third kappa shape index (κ3) is 2.80. The van der Waals surface area contributed by atoms with Gasteiger partial charge in [0, 0.05) is 25.2 Å². The number of nitrogens with one attached hydrogen (secondary N) is 1. The molecule has 0 aromatic heterocycles. The van der Waals surface area contributed by atoms with Crippen LogP contribution >= 0.6 is 0 Å². The number of methoxy groups -OCH3 is 1. The van der Waals surface area contributed by atoms with Gasteiger partial charge in [0.2, 0.25) is 10.0 Å². The van der Waals surface area contributed by atoms with E-state index in [0.717, 1.165) is 18.4 Å². The molecule has 1 aromatic rings. The molecule has 0 aliphatic carbocycles. The van der Waals surface area contributed by atoms with E-state index in [9.17, 15) is 8.42 Å². The smallest absolute Gasteiger partial charge is 0.246 e. The van der Waals surface area contributed by atoms with Crippen LogP contribution in [0.4, 0.5) is 0 Å². The minimum absolute atomic E-state index is 0.281. The highest BCUT2D eigenvalue weighted by atomic mass is 32.2. The number of benzene rings is 1. The van der Waals surface area contributed by atoms with Gasteiger partial charge in [-0.3, -0.25) is 0 Å². The van der Waals surface area contributed by atoms with Gasteiger partial charge in [-0.15, -0.1) is 0 Å². The molecule has 1 aromatic carbocycles. The first-order chi connectivity index (χ1) is 10.0. The summed E-state index contributed by atoms with van der Waals surface area (Å²) >= 11 is 0. The van der Waals surface area contributed by atoms with Crippen molar-refractivity contribution in [3.63, 3.8) is 0 Å². The van der Waals surface area contributed by atoms with Gasteiger partial charge in [-0.05, 0) is 37.5 Å². The Labute approximate surface area is 126 Å². The van der Waals surface area contributed by atoms with E-state index in [1.807, 2.05) is 13.0 Å². The number of fused-ring (bicyclic) bond motifs is 2. The first kappa shape index (κ1) is 14.8. The molecule has 3 rings (SSSR count). The standard InChI is InChI=1S/C15H22N2O3S/c1-11-6-7-14(20-2)15(8-11)21(18,19)17-9-12-4-3-5-13(10-17)16-12/h6-8,12-13,16H,3-5,9-10H2,1-2H3. The van der Waals surface area contributed by atoms with Gasteiger partial charge in [0.25, 0.3) is 0 Å². The van der Waals surface area contributed by atoms with Crippen molar-refractivity contribution in [1.82, 2.24) is 9.62 Å². The maximum absolute atomic E-state index is 13.0. The molecule has 0 spiro atoms. The molecule has 2 bridgehead atoms. The van der Waals surface area contributed by atoms with Crippen LogP contribution in [0.15, 0.2) is 23.1 Å². The van der Waals surface area contributed by atoms with Gasteiger partial charge in [0.15, 0.2) is 0 Å². The Morgan fingerprint density at radius 1 is 1.24 bits per heavy atom. The van der Waals surface area contributed by atoms with Crippen molar-refractivity contribution in [3.8, 4) is 5.75 Å². The molecular formula is C15H22N2O3S. The highest BCUT2D eigenvalue weighted by Crippen LogP contribution is 2.30. The summed E-state index contributed by atoms with van der Waals surface area (Å²) in [6, 6.07) is 5.85. The molecule has 2 aliphatic rings. The van der Waals surface area contributed by atoms with Gasteiger partial charge in [-0.25, -0.2) is 8.42 Å². The predicted molar refractivity (Wildman–Crippen MR) is 81.1 cm³/mol. The summed E-state index contributed by atoms with van der Waals surface area (Å²) in [5.41, 5.74) is 0.921. The van der Waals surface area contributed by atoms with E-state index in [1.54, 1.807) is 16.4 Å². The number of ether oxygens (including phenoxy) is 1. The van der Waals surface area contributed by atoms with Gasteiger partial charge in [-0.2, -0.15) is 4.31 Å². The Balaban J connectivity index is 1.95. The molecule has 2 unspecified atom stereocenters. The first-order valence-corrected chi connectivity index (χ1v) is 8.85. The van der Waals surface area contributed by atoms with Crippen molar-refractivity contribution in [2.75, 3.05) is 20.2 Å². The minimum atomic E-state index is -3.50. The van der Waals surface area contributed by atoms with Crippen molar-refractivity contribution in [2.45, 2.75) is 43.2 Å². The summed E-state index contributed by atoms with van der Waals surface area (Å²) in [4.78, 5) is 0.282. The van der Waals surface area contributed by atoms with Crippen LogP contribution < -0.4 is 10.1 Å². The summed E-state index contributed by atoms with van der Waals surface area (Å²) in [5, 5.41) is 3.51. The summed E-state index contributed by atoms with van der Waals surface area (Å²) < 4.78 is 32.8. The lowest BCUT2D eigenvalue weighted by atomic mass is 9.96. The molecule has 0 amide bonds. The SMILES string of the molecule is COc1ccc(C)cc1S(=O)(=O)N1CC2CCCC(C1)N2. The molecule has 2 aliphatic heterocycles. The van der Waals surface area contributed by atoms with Crippen LogP contribution in [0, 0.1) is 6.92 Å². The molecule has 2 fully saturated rings. The molecule has 2 heterocycles.